The number of anilines is 2. The van der Waals surface area contributed by atoms with E-state index in [1.165, 1.54) is 6.07 Å². The van der Waals surface area contributed by atoms with Crippen LogP contribution in [0.2, 0.25) is 5.02 Å². The Bertz CT molecular complexity index is 884. The molecule has 1 N–H and O–H groups in total. The van der Waals surface area contributed by atoms with E-state index in [0.29, 0.717) is 22.1 Å². The molecule has 0 fully saturated rings. The molecule has 0 spiro atoms. The summed E-state index contributed by atoms with van der Waals surface area (Å²) in [5.74, 6) is 0.143. The number of sulfonamides is 1. The first kappa shape index (κ1) is 20.1. The van der Waals surface area contributed by atoms with Gasteiger partial charge in [-0.3, -0.25) is 9.10 Å². The van der Waals surface area contributed by atoms with Crippen molar-refractivity contribution >= 4 is 38.9 Å². The van der Waals surface area contributed by atoms with Crippen molar-refractivity contribution in [3.8, 4) is 5.75 Å². The molecule has 0 aromatic heterocycles. The lowest BCUT2D eigenvalue weighted by molar-refractivity contribution is -0.114. The fourth-order valence-electron chi connectivity index (χ4n) is 2.28. The van der Waals surface area contributed by atoms with Crippen LogP contribution in [0.5, 0.6) is 5.75 Å². The molecule has 140 valence electrons. The van der Waals surface area contributed by atoms with Gasteiger partial charge >= 0.3 is 0 Å². The Morgan fingerprint density at radius 3 is 2.50 bits per heavy atom. The average molecular weight is 397 g/mol. The van der Waals surface area contributed by atoms with Crippen molar-refractivity contribution in [2.75, 3.05) is 22.4 Å². The third-order valence-corrected chi connectivity index (χ3v) is 4.65. The third kappa shape index (κ3) is 5.93. The van der Waals surface area contributed by atoms with Gasteiger partial charge in [0.25, 0.3) is 0 Å². The molecule has 0 unspecified atom stereocenters. The highest BCUT2D eigenvalue weighted by atomic mass is 35.5. The summed E-state index contributed by atoms with van der Waals surface area (Å²) >= 11 is 5.93. The van der Waals surface area contributed by atoms with E-state index in [4.69, 9.17) is 16.3 Å². The number of benzene rings is 2. The second-order valence-corrected chi connectivity index (χ2v) is 8.34. The first-order chi connectivity index (χ1) is 12.1. The van der Waals surface area contributed by atoms with Crippen molar-refractivity contribution in [3.63, 3.8) is 0 Å². The maximum absolute atomic E-state index is 12.4. The smallest absolute Gasteiger partial charge is 0.245 e. The van der Waals surface area contributed by atoms with E-state index in [0.717, 1.165) is 10.6 Å². The van der Waals surface area contributed by atoms with Gasteiger partial charge in [0, 0.05) is 16.8 Å². The Labute approximate surface area is 158 Å². The molecule has 0 heterocycles. The minimum atomic E-state index is -3.66. The van der Waals surface area contributed by atoms with Gasteiger partial charge < -0.3 is 10.1 Å². The number of hydrogen-bond donors (Lipinski definition) is 1. The molecule has 1 amide bonds. The molecule has 0 aliphatic carbocycles. The molecule has 0 saturated carbocycles. The number of amides is 1. The molecule has 26 heavy (non-hydrogen) atoms. The minimum absolute atomic E-state index is 0.00417. The Hall–Kier alpha value is -2.25. The molecule has 6 nitrogen and oxygen atoms in total. The van der Waals surface area contributed by atoms with Crippen LogP contribution in [-0.4, -0.2) is 33.2 Å². The van der Waals surface area contributed by atoms with Crippen molar-refractivity contribution in [2.45, 2.75) is 20.0 Å². The van der Waals surface area contributed by atoms with Gasteiger partial charge in [-0.15, -0.1) is 0 Å². The van der Waals surface area contributed by atoms with Gasteiger partial charge in [-0.25, -0.2) is 8.42 Å². The van der Waals surface area contributed by atoms with Crippen LogP contribution in [0, 0.1) is 0 Å². The number of nitrogens with zero attached hydrogens (tertiary/aromatic N) is 1. The summed E-state index contributed by atoms with van der Waals surface area (Å²) in [7, 11) is -3.66. The zero-order valence-corrected chi connectivity index (χ0v) is 16.3. The van der Waals surface area contributed by atoms with Gasteiger partial charge in [-0.1, -0.05) is 23.7 Å². The molecule has 0 radical (unpaired) electrons. The van der Waals surface area contributed by atoms with Crippen molar-refractivity contribution < 1.29 is 17.9 Å². The van der Waals surface area contributed by atoms with Gasteiger partial charge in [-0.05, 0) is 44.2 Å². The Kier molecular flexibility index (Phi) is 6.50. The molecule has 0 bridgehead atoms. The zero-order valence-electron chi connectivity index (χ0n) is 14.8. The molecule has 0 aliphatic rings. The van der Waals surface area contributed by atoms with E-state index in [1.54, 1.807) is 42.5 Å². The number of halogens is 1. The number of nitrogens with one attached hydrogen (secondary N) is 1. The Balaban J connectivity index is 2.16. The standard InChI is InChI=1S/C18H21ClN2O4S/c1-13(2)25-17-9-5-7-15(11-17)20-18(22)12-21(26(3,23)24)16-8-4-6-14(19)10-16/h4-11,13H,12H2,1-3H3,(H,20,22). The van der Waals surface area contributed by atoms with Gasteiger partial charge in [-0.2, -0.15) is 0 Å². The maximum Gasteiger partial charge on any atom is 0.245 e. The lowest BCUT2D eigenvalue weighted by Gasteiger charge is -2.22. The second-order valence-electron chi connectivity index (χ2n) is 5.99. The third-order valence-electron chi connectivity index (χ3n) is 3.27. The predicted octanol–water partition coefficient (Wildman–Crippen LogP) is 3.53. The summed E-state index contributed by atoms with van der Waals surface area (Å²) in [5, 5.41) is 3.07. The summed E-state index contributed by atoms with van der Waals surface area (Å²) in [6.45, 7) is 3.44. The van der Waals surface area contributed by atoms with Gasteiger partial charge in [0.1, 0.15) is 12.3 Å². The number of hydrogen-bond acceptors (Lipinski definition) is 4. The highest BCUT2D eigenvalue weighted by Gasteiger charge is 2.21. The molecule has 8 heteroatoms. The molecule has 2 rings (SSSR count). The summed E-state index contributed by atoms with van der Waals surface area (Å²) in [5.41, 5.74) is 0.847. The first-order valence-electron chi connectivity index (χ1n) is 7.95. The topological polar surface area (TPSA) is 75.7 Å². The van der Waals surface area contributed by atoms with Crippen LogP contribution in [0.1, 0.15) is 13.8 Å². The highest BCUT2D eigenvalue weighted by Crippen LogP contribution is 2.22. The summed E-state index contributed by atoms with van der Waals surface area (Å²) in [4.78, 5) is 12.4. The average Bonchev–Trinajstić information content (AvgIpc) is 2.51. The van der Waals surface area contributed by atoms with E-state index in [-0.39, 0.29) is 12.6 Å². The summed E-state index contributed by atoms with van der Waals surface area (Å²) in [6, 6.07) is 13.2. The van der Waals surface area contributed by atoms with Crippen LogP contribution >= 0.6 is 11.6 Å². The lowest BCUT2D eigenvalue weighted by Crippen LogP contribution is -2.37. The van der Waals surface area contributed by atoms with Crippen LogP contribution in [-0.2, 0) is 14.8 Å². The predicted molar refractivity (Wildman–Crippen MR) is 104 cm³/mol. The van der Waals surface area contributed by atoms with E-state index in [9.17, 15) is 13.2 Å². The molecule has 2 aromatic carbocycles. The van der Waals surface area contributed by atoms with Crippen molar-refractivity contribution in [2.24, 2.45) is 0 Å². The SMILES string of the molecule is CC(C)Oc1cccc(NC(=O)CN(c2cccc(Cl)c2)S(C)(=O)=O)c1. The number of rotatable bonds is 7. The first-order valence-corrected chi connectivity index (χ1v) is 10.2. The van der Waals surface area contributed by atoms with Crippen LogP contribution in [0.4, 0.5) is 11.4 Å². The fraction of sp³-hybridized carbons (Fsp3) is 0.278. The van der Waals surface area contributed by atoms with E-state index >= 15 is 0 Å². The van der Waals surface area contributed by atoms with Crippen LogP contribution in [0.25, 0.3) is 0 Å². The fourth-order valence-corrected chi connectivity index (χ4v) is 3.31. The quantitative estimate of drug-likeness (QED) is 0.776. The number of carbonyl (C=O) groups is 1. The van der Waals surface area contributed by atoms with E-state index in [2.05, 4.69) is 5.32 Å². The summed E-state index contributed by atoms with van der Waals surface area (Å²) in [6.07, 6.45) is 1.04. The molecule has 0 aliphatic heterocycles. The Morgan fingerprint density at radius 2 is 1.88 bits per heavy atom. The molecular formula is C18H21ClN2O4S. The van der Waals surface area contributed by atoms with Gasteiger partial charge in [0.05, 0.1) is 18.0 Å². The Morgan fingerprint density at radius 1 is 1.19 bits per heavy atom. The highest BCUT2D eigenvalue weighted by molar-refractivity contribution is 7.92. The minimum Gasteiger partial charge on any atom is -0.491 e. The molecule has 0 saturated heterocycles. The number of ether oxygens (including phenoxy) is 1. The zero-order chi connectivity index (χ0) is 19.3. The van der Waals surface area contributed by atoms with Gasteiger partial charge in [0.2, 0.25) is 15.9 Å². The van der Waals surface area contributed by atoms with Gasteiger partial charge in [0.15, 0.2) is 0 Å². The van der Waals surface area contributed by atoms with Crippen molar-refractivity contribution in [1.82, 2.24) is 0 Å². The van der Waals surface area contributed by atoms with Crippen LogP contribution in [0.15, 0.2) is 48.5 Å². The molecule has 2 aromatic rings. The largest absolute Gasteiger partial charge is 0.491 e. The van der Waals surface area contributed by atoms with Crippen molar-refractivity contribution in [1.29, 1.82) is 0 Å². The van der Waals surface area contributed by atoms with Crippen LogP contribution in [0.3, 0.4) is 0 Å². The monoisotopic (exact) mass is 396 g/mol. The van der Waals surface area contributed by atoms with E-state index < -0.39 is 15.9 Å². The molecule has 0 atom stereocenters. The van der Waals surface area contributed by atoms with Crippen LogP contribution < -0.4 is 14.4 Å². The second kappa shape index (κ2) is 8.42. The van der Waals surface area contributed by atoms with Crippen molar-refractivity contribution in [3.05, 3.63) is 53.6 Å². The number of carbonyl (C=O) groups excluding carboxylic acids is 1. The maximum atomic E-state index is 12.4. The summed E-state index contributed by atoms with van der Waals surface area (Å²) < 4.78 is 30.8. The lowest BCUT2D eigenvalue weighted by atomic mass is 10.3. The molecular weight excluding hydrogens is 376 g/mol. The normalized spacial score (nSPS) is 11.3. The van der Waals surface area contributed by atoms with E-state index in [1.807, 2.05) is 13.8 Å².